The van der Waals surface area contributed by atoms with E-state index in [0.29, 0.717) is 6.61 Å². The molecule has 0 unspecified atom stereocenters. The van der Waals surface area contributed by atoms with Gasteiger partial charge in [-0.25, -0.2) is 0 Å². The smallest absolute Gasteiger partial charge is 0.124 e. The SMILES string of the molecule is CCC(C)(C)NCc1c(OCc2ccccc2Cl)ccc2ccccc12. The summed E-state index contributed by atoms with van der Waals surface area (Å²) >= 11 is 6.27. The summed E-state index contributed by atoms with van der Waals surface area (Å²) in [7, 11) is 0. The van der Waals surface area contributed by atoms with Crippen molar-refractivity contribution in [1.29, 1.82) is 0 Å². The Bertz CT molecular complexity index is 888. The highest BCUT2D eigenvalue weighted by molar-refractivity contribution is 6.31. The average Bonchev–Trinajstić information content (AvgIpc) is 2.66. The van der Waals surface area contributed by atoms with Crippen molar-refractivity contribution in [2.75, 3.05) is 0 Å². The molecule has 2 nitrogen and oxygen atoms in total. The second-order valence-corrected chi connectivity index (χ2v) is 7.64. The van der Waals surface area contributed by atoms with Gasteiger partial charge < -0.3 is 10.1 Å². The molecule has 3 aromatic rings. The van der Waals surface area contributed by atoms with E-state index in [9.17, 15) is 0 Å². The molecule has 3 aromatic carbocycles. The van der Waals surface area contributed by atoms with E-state index in [4.69, 9.17) is 16.3 Å². The van der Waals surface area contributed by atoms with Crippen LogP contribution in [0.5, 0.6) is 5.75 Å². The second kappa shape index (κ2) is 8.11. The lowest BCUT2D eigenvalue weighted by Crippen LogP contribution is -2.37. The normalized spacial score (nSPS) is 11.7. The van der Waals surface area contributed by atoms with Crippen LogP contribution in [0.4, 0.5) is 0 Å². The third-order valence-electron chi connectivity index (χ3n) is 4.97. The van der Waals surface area contributed by atoms with Gasteiger partial charge in [-0.05, 0) is 43.2 Å². The number of nitrogens with one attached hydrogen (secondary N) is 1. The summed E-state index contributed by atoms with van der Waals surface area (Å²) in [6, 6.07) is 20.4. The minimum atomic E-state index is 0.0803. The first-order chi connectivity index (χ1) is 12.5. The molecular formula is C23H26ClNO. The van der Waals surface area contributed by atoms with Crippen LogP contribution in [-0.2, 0) is 13.2 Å². The zero-order chi connectivity index (χ0) is 18.6. The molecule has 0 fully saturated rings. The molecular weight excluding hydrogens is 342 g/mol. The van der Waals surface area contributed by atoms with Crippen LogP contribution in [0, 0.1) is 0 Å². The Kier molecular flexibility index (Phi) is 5.85. The predicted molar refractivity (Wildman–Crippen MR) is 111 cm³/mol. The third-order valence-corrected chi connectivity index (χ3v) is 5.33. The topological polar surface area (TPSA) is 21.3 Å². The van der Waals surface area contributed by atoms with Gasteiger partial charge in [-0.15, -0.1) is 0 Å². The van der Waals surface area contributed by atoms with Gasteiger partial charge in [0.25, 0.3) is 0 Å². The van der Waals surface area contributed by atoms with Gasteiger partial charge >= 0.3 is 0 Å². The van der Waals surface area contributed by atoms with Crippen LogP contribution in [-0.4, -0.2) is 5.54 Å². The van der Waals surface area contributed by atoms with E-state index in [2.05, 4.69) is 62.5 Å². The maximum absolute atomic E-state index is 6.27. The number of fused-ring (bicyclic) bond motifs is 1. The standard InChI is InChI=1S/C23H26ClNO/c1-4-23(2,3)25-15-20-19-11-7-5-9-17(19)13-14-22(20)26-16-18-10-6-8-12-21(18)24/h5-14,25H,4,15-16H2,1-3H3. The second-order valence-electron chi connectivity index (χ2n) is 7.23. The summed E-state index contributed by atoms with van der Waals surface area (Å²) in [4.78, 5) is 0. The molecule has 0 atom stereocenters. The zero-order valence-electron chi connectivity index (χ0n) is 15.7. The molecule has 0 aromatic heterocycles. The molecule has 136 valence electrons. The third kappa shape index (κ3) is 4.38. The zero-order valence-corrected chi connectivity index (χ0v) is 16.4. The van der Waals surface area contributed by atoms with Crippen molar-refractivity contribution in [3.05, 3.63) is 76.8 Å². The summed E-state index contributed by atoms with van der Waals surface area (Å²) < 4.78 is 6.19. The summed E-state index contributed by atoms with van der Waals surface area (Å²) in [5.74, 6) is 0.906. The first-order valence-corrected chi connectivity index (χ1v) is 9.50. The Balaban J connectivity index is 1.91. The Morgan fingerprint density at radius 2 is 1.69 bits per heavy atom. The highest BCUT2D eigenvalue weighted by Gasteiger charge is 2.16. The van der Waals surface area contributed by atoms with Gasteiger partial charge in [-0.1, -0.05) is 67.1 Å². The Hall–Kier alpha value is -2.03. The molecule has 0 bridgehead atoms. The van der Waals surface area contributed by atoms with E-state index in [1.54, 1.807) is 0 Å². The Labute approximate surface area is 161 Å². The maximum atomic E-state index is 6.27. The van der Waals surface area contributed by atoms with Gasteiger partial charge in [0.1, 0.15) is 12.4 Å². The lowest BCUT2D eigenvalue weighted by molar-refractivity contribution is 0.299. The number of ether oxygens (including phenoxy) is 1. The van der Waals surface area contributed by atoms with Gasteiger partial charge in [-0.3, -0.25) is 0 Å². The van der Waals surface area contributed by atoms with E-state index in [1.807, 2.05) is 24.3 Å². The highest BCUT2D eigenvalue weighted by atomic mass is 35.5. The molecule has 0 heterocycles. The van der Waals surface area contributed by atoms with Gasteiger partial charge in [-0.2, -0.15) is 0 Å². The monoisotopic (exact) mass is 367 g/mol. The fourth-order valence-electron chi connectivity index (χ4n) is 2.86. The van der Waals surface area contributed by atoms with Crippen LogP contribution in [0.2, 0.25) is 5.02 Å². The van der Waals surface area contributed by atoms with E-state index in [0.717, 1.165) is 29.3 Å². The van der Waals surface area contributed by atoms with E-state index >= 15 is 0 Å². The van der Waals surface area contributed by atoms with Crippen LogP contribution in [0.15, 0.2) is 60.7 Å². The van der Waals surface area contributed by atoms with Crippen LogP contribution >= 0.6 is 11.6 Å². The molecule has 0 radical (unpaired) electrons. The number of halogens is 1. The quantitative estimate of drug-likeness (QED) is 0.525. The lowest BCUT2D eigenvalue weighted by atomic mass is 9.99. The lowest BCUT2D eigenvalue weighted by Gasteiger charge is -2.26. The first-order valence-electron chi connectivity index (χ1n) is 9.12. The predicted octanol–water partition coefficient (Wildman–Crippen LogP) is 6.35. The van der Waals surface area contributed by atoms with Crippen molar-refractivity contribution < 1.29 is 4.74 Å². The molecule has 0 amide bonds. The van der Waals surface area contributed by atoms with Crippen molar-refractivity contribution in [2.24, 2.45) is 0 Å². The summed E-state index contributed by atoms with van der Waals surface area (Å²) in [6.45, 7) is 7.87. The molecule has 0 aliphatic heterocycles. The van der Waals surface area contributed by atoms with Crippen LogP contribution in [0.25, 0.3) is 10.8 Å². The molecule has 0 aliphatic carbocycles. The van der Waals surface area contributed by atoms with Crippen molar-refractivity contribution in [2.45, 2.75) is 45.9 Å². The first kappa shape index (κ1) is 18.8. The van der Waals surface area contributed by atoms with Gasteiger partial charge in [0, 0.05) is 28.2 Å². The van der Waals surface area contributed by atoms with Crippen molar-refractivity contribution in [3.63, 3.8) is 0 Å². The molecule has 0 aliphatic rings. The molecule has 3 rings (SSSR count). The minimum Gasteiger partial charge on any atom is -0.488 e. The number of hydrogen-bond donors (Lipinski definition) is 1. The molecule has 0 spiro atoms. The summed E-state index contributed by atoms with van der Waals surface area (Å²) in [5, 5.41) is 6.85. The number of rotatable bonds is 7. The van der Waals surface area contributed by atoms with Crippen molar-refractivity contribution in [1.82, 2.24) is 5.32 Å². The van der Waals surface area contributed by atoms with Crippen molar-refractivity contribution >= 4 is 22.4 Å². The van der Waals surface area contributed by atoms with Crippen LogP contribution < -0.4 is 10.1 Å². The molecule has 3 heteroatoms. The Morgan fingerprint density at radius 3 is 2.46 bits per heavy atom. The van der Waals surface area contributed by atoms with E-state index in [-0.39, 0.29) is 5.54 Å². The van der Waals surface area contributed by atoms with Gasteiger partial charge in [0.05, 0.1) is 0 Å². The van der Waals surface area contributed by atoms with Gasteiger partial charge in [0.15, 0.2) is 0 Å². The highest BCUT2D eigenvalue weighted by Crippen LogP contribution is 2.30. The van der Waals surface area contributed by atoms with Crippen LogP contribution in [0.3, 0.4) is 0 Å². The number of benzene rings is 3. The number of hydrogen-bond acceptors (Lipinski definition) is 2. The summed E-state index contributed by atoms with van der Waals surface area (Å²) in [5.41, 5.74) is 2.27. The minimum absolute atomic E-state index is 0.0803. The Morgan fingerprint density at radius 1 is 0.962 bits per heavy atom. The average molecular weight is 368 g/mol. The van der Waals surface area contributed by atoms with E-state index < -0.39 is 0 Å². The fraction of sp³-hybridized carbons (Fsp3) is 0.304. The molecule has 0 saturated heterocycles. The van der Waals surface area contributed by atoms with E-state index in [1.165, 1.54) is 16.3 Å². The molecule has 1 N–H and O–H groups in total. The largest absolute Gasteiger partial charge is 0.488 e. The summed E-state index contributed by atoms with van der Waals surface area (Å²) in [6.07, 6.45) is 1.06. The van der Waals surface area contributed by atoms with Gasteiger partial charge in [0.2, 0.25) is 0 Å². The van der Waals surface area contributed by atoms with Crippen molar-refractivity contribution in [3.8, 4) is 5.75 Å². The molecule has 26 heavy (non-hydrogen) atoms. The fourth-order valence-corrected chi connectivity index (χ4v) is 3.05. The van der Waals surface area contributed by atoms with Crippen LogP contribution in [0.1, 0.15) is 38.3 Å². The molecule has 0 saturated carbocycles. The maximum Gasteiger partial charge on any atom is 0.124 e.